The number of hydrogen-bond donors (Lipinski definition) is 1. The number of nitrogens with one attached hydrogen (secondary N) is 1. The summed E-state index contributed by atoms with van der Waals surface area (Å²) in [5.74, 6) is 0.570. The SMILES string of the molecule is CCCNC(CC(C)COC)c1ccc(C)c(C)c1. The van der Waals surface area contributed by atoms with Crippen molar-refractivity contribution in [1.29, 1.82) is 0 Å². The lowest BCUT2D eigenvalue weighted by Crippen LogP contribution is -2.25. The first-order valence-electron chi connectivity index (χ1n) is 7.38. The van der Waals surface area contributed by atoms with Crippen LogP contribution in [0.15, 0.2) is 18.2 Å². The predicted octanol–water partition coefficient (Wildman–Crippen LogP) is 4.02. The molecule has 2 atom stereocenters. The van der Waals surface area contributed by atoms with E-state index in [1.165, 1.54) is 23.1 Å². The van der Waals surface area contributed by atoms with E-state index < -0.39 is 0 Å². The Kier molecular flexibility index (Phi) is 7.11. The van der Waals surface area contributed by atoms with Crippen molar-refractivity contribution in [2.24, 2.45) is 5.92 Å². The van der Waals surface area contributed by atoms with Gasteiger partial charge < -0.3 is 10.1 Å². The number of aryl methyl sites for hydroxylation is 2. The topological polar surface area (TPSA) is 21.3 Å². The van der Waals surface area contributed by atoms with Gasteiger partial charge in [-0.3, -0.25) is 0 Å². The molecule has 0 aromatic heterocycles. The number of benzene rings is 1. The molecule has 19 heavy (non-hydrogen) atoms. The number of hydrogen-bond acceptors (Lipinski definition) is 2. The van der Waals surface area contributed by atoms with Crippen LogP contribution in [0.5, 0.6) is 0 Å². The Balaban J connectivity index is 2.79. The molecule has 1 rings (SSSR count). The molecule has 0 aliphatic heterocycles. The van der Waals surface area contributed by atoms with Gasteiger partial charge in [0.05, 0.1) is 0 Å². The van der Waals surface area contributed by atoms with Crippen molar-refractivity contribution in [1.82, 2.24) is 5.32 Å². The van der Waals surface area contributed by atoms with Crippen LogP contribution in [0.3, 0.4) is 0 Å². The zero-order valence-electron chi connectivity index (χ0n) is 13.1. The molecule has 0 fully saturated rings. The first-order chi connectivity index (χ1) is 9.08. The van der Waals surface area contributed by atoms with Crippen LogP contribution in [-0.4, -0.2) is 20.3 Å². The van der Waals surface area contributed by atoms with Crippen molar-refractivity contribution in [3.8, 4) is 0 Å². The molecule has 0 aliphatic rings. The minimum atomic E-state index is 0.435. The smallest absolute Gasteiger partial charge is 0.0488 e. The molecule has 2 unspecified atom stereocenters. The fourth-order valence-corrected chi connectivity index (χ4v) is 2.39. The third kappa shape index (κ3) is 5.33. The Morgan fingerprint density at radius 1 is 1.21 bits per heavy atom. The highest BCUT2D eigenvalue weighted by Crippen LogP contribution is 2.23. The zero-order valence-corrected chi connectivity index (χ0v) is 13.1. The van der Waals surface area contributed by atoms with Gasteiger partial charge in [-0.25, -0.2) is 0 Å². The summed E-state index contributed by atoms with van der Waals surface area (Å²) in [6, 6.07) is 7.24. The molecular formula is C17H29NO. The van der Waals surface area contributed by atoms with Crippen molar-refractivity contribution >= 4 is 0 Å². The van der Waals surface area contributed by atoms with E-state index in [2.05, 4.69) is 51.2 Å². The van der Waals surface area contributed by atoms with Crippen LogP contribution in [-0.2, 0) is 4.74 Å². The minimum absolute atomic E-state index is 0.435. The largest absolute Gasteiger partial charge is 0.384 e. The molecular weight excluding hydrogens is 234 g/mol. The molecule has 0 aliphatic carbocycles. The van der Waals surface area contributed by atoms with Crippen LogP contribution < -0.4 is 5.32 Å². The van der Waals surface area contributed by atoms with Crippen molar-refractivity contribution in [3.05, 3.63) is 34.9 Å². The van der Waals surface area contributed by atoms with E-state index in [0.29, 0.717) is 12.0 Å². The molecule has 0 amide bonds. The highest BCUT2D eigenvalue weighted by Gasteiger charge is 2.15. The van der Waals surface area contributed by atoms with Gasteiger partial charge in [0.2, 0.25) is 0 Å². The molecule has 108 valence electrons. The van der Waals surface area contributed by atoms with E-state index >= 15 is 0 Å². The maximum Gasteiger partial charge on any atom is 0.0488 e. The van der Waals surface area contributed by atoms with Gasteiger partial charge in [-0.2, -0.15) is 0 Å². The van der Waals surface area contributed by atoms with Gasteiger partial charge in [-0.05, 0) is 55.8 Å². The fraction of sp³-hybridized carbons (Fsp3) is 0.647. The molecule has 0 radical (unpaired) electrons. The summed E-state index contributed by atoms with van der Waals surface area (Å²) >= 11 is 0. The first-order valence-corrected chi connectivity index (χ1v) is 7.38. The van der Waals surface area contributed by atoms with Crippen molar-refractivity contribution in [2.75, 3.05) is 20.3 Å². The highest BCUT2D eigenvalue weighted by atomic mass is 16.5. The zero-order chi connectivity index (χ0) is 14.3. The van der Waals surface area contributed by atoms with Crippen LogP contribution >= 0.6 is 0 Å². The Labute approximate surface area is 118 Å². The normalized spacial score (nSPS) is 14.4. The van der Waals surface area contributed by atoms with Crippen molar-refractivity contribution < 1.29 is 4.74 Å². The summed E-state index contributed by atoms with van der Waals surface area (Å²) in [7, 11) is 1.78. The summed E-state index contributed by atoms with van der Waals surface area (Å²) in [5, 5.41) is 3.67. The van der Waals surface area contributed by atoms with Gasteiger partial charge in [0.1, 0.15) is 0 Å². The van der Waals surface area contributed by atoms with Crippen LogP contribution in [0.2, 0.25) is 0 Å². The molecule has 1 aromatic carbocycles. The van der Waals surface area contributed by atoms with Gasteiger partial charge in [-0.1, -0.05) is 32.0 Å². The Morgan fingerprint density at radius 2 is 1.95 bits per heavy atom. The summed E-state index contributed by atoms with van der Waals surface area (Å²) in [5.41, 5.74) is 4.14. The lowest BCUT2D eigenvalue weighted by molar-refractivity contribution is 0.149. The average molecular weight is 263 g/mol. The third-order valence-corrected chi connectivity index (χ3v) is 3.66. The minimum Gasteiger partial charge on any atom is -0.384 e. The maximum atomic E-state index is 5.26. The molecule has 0 spiro atoms. The van der Waals surface area contributed by atoms with E-state index in [-0.39, 0.29) is 0 Å². The van der Waals surface area contributed by atoms with Gasteiger partial charge in [0, 0.05) is 19.8 Å². The molecule has 2 heteroatoms. The van der Waals surface area contributed by atoms with Gasteiger partial charge >= 0.3 is 0 Å². The third-order valence-electron chi connectivity index (χ3n) is 3.66. The standard InChI is InChI=1S/C17H29NO/c1-6-9-18-17(10-13(2)12-19-5)16-8-7-14(3)15(4)11-16/h7-8,11,13,17-18H,6,9-10,12H2,1-5H3. The lowest BCUT2D eigenvalue weighted by Gasteiger charge is -2.23. The quantitative estimate of drug-likeness (QED) is 0.765. The summed E-state index contributed by atoms with van der Waals surface area (Å²) in [6.07, 6.45) is 2.29. The molecule has 0 heterocycles. The molecule has 1 N–H and O–H groups in total. The Hall–Kier alpha value is -0.860. The second-order valence-electron chi connectivity index (χ2n) is 5.65. The van der Waals surface area contributed by atoms with Crippen molar-refractivity contribution in [3.63, 3.8) is 0 Å². The monoisotopic (exact) mass is 263 g/mol. The van der Waals surface area contributed by atoms with E-state index in [1.807, 2.05) is 0 Å². The maximum absolute atomic E-state index is 5.26. The predicted molar refractivity (Wildman–Crippen MR) is 82.6 cm³/mol. The Bertz CT molecular complexity index is 376. The van der Waals surface area contributed by atoms with Crippen LogP contribution in [0.1, 0.15) is 49.4 Å². The Morgan fingerprint density at radius 3 is 2.53 bits per heavy atom. The van der Waals surface area contributed by atoms with E-state index in [1.54, 1.807) is 7.11 Å². The summed E-state index contributed by atoms with van der Waals surface area (Å²) < 4.78 is 5.26. The first kappa shape index (κ1) is 16.2. The second-order valence-corrected chi connectivity index (χ2v) is 5.65. The molecule has 0 saturated carbocycles. The van der Waals surface area contributed by atoms with E-state index in [4.69, 9.17) is 4.74 Å². The average Bonchev–Trinajstić information content (AvgIpc) is 2.38. The highest BCUT2D eigenvalue weighted by molar-refractivity contribution is 5.31. The molecule has 2 nitrogen and oxygen atoms in total. The van der Waals surface area contributed by atoms with Crippen molar-refractivity contribution in [2.45, 2.75) is 46.6 Å². The lowest BCUT2D eigenvalue weighted by atomic mass is 9.94. The van der Waals surface area contributed by atoms with Crippen LogP contribution in [0.25, 0.3) is 0 Å². The molecule has 0 bridgehead atoms. The fourth-order valence-electron chi connectivity index (χ4n) is 2.39. The molecule has 1 aromatic rings. The van der Waals surface area contributed by atoms with Crippen LogP contribution in [0.4, 0.5) is 0 Å². The number of methoxy groups -OCH3 is 1. The summed E-state index contributed by atoms with van der Waals surface area (Å²) in [4.78, 5) is 0. The number of ether oxygens (including phenoxy) is 1. The number of rotatable bonds is 8. The van der Waals surface area contributed by atoms with E-state index in [9.17, 15) is 0 Å². The van der Waals surface area contributed by atoms with Gasteiger partial charge in [0.25, 0.3) is 0 Å². The van der Waals surface area contributed by atoms with Crippen LogP contribution in [0, 0.1) is 19.8 Å². The summed E-state index contributed by atoms with van der Waals surface area (Å²) in [6.45, 7) is 10.7. The van der Waals surface area contributed by atoms with Gasteiger partial charge in [0.15, 0.2) is 0 Å². The van der Waals surface area contributed by atoms with E-state index in [0.717, 1.165) is 19.6 Å². The van der Waals surface area contributed by atoms with Gasteiger partial charge in [-0.15, -0.1) is 0 Å². The molecule has 0 saturated heterocycles. The second kappa shape index (κ2) is 8.34.